The van der Waals surface area contributed by atoms with Crippen LogP contribution in [-0.2, 0) is 14.3 Å². The zero-order chi connectivity index (χ0) is 28.9. The monoisotopic (exact) mass is 555 g/mol. The van der Waals surface area contributed by atoms with E-state index in [4.69, 9.17) is 23.9 Å². The van der Waals surface area contributed by atoms with Crippen LogP contribution >= 0.6 is 0 Å². The first-order valence-electron chi connectivity index (χ1n) is 13.6. The quantitative estimate of drug-likeness (QED) is 0.271. The van der Waals surface area contributed by atoms with Crippen LogP contribution in [-0.4, -0.2) is 50.0 Å². The van der Waals surface area contributed by atoms with Crippen LogP contribution in [0.5, 0.6) is 23.0 Å². The molecule has 212 valence electrons. The maximum Gasteiger partial charge on any atom is 0.315 e. The number of phenols is 1. The summed E-state index contributed by atoms with van der Waals surface area (Å²) in [5.41, 5.74) is 3.48. The van der Waals surface area contributed by atoms with Crippen LogP contribution in [0.4, 0.5) is 0 Å². The van der Waals surface area contributed by atoms with Crippen LogP contribution in [0.25, 0.3) is 0 Å². The highest BCUT2D eigenvalue weighted by Gasteiger charge is 2.44. The Bertz CT molecular complexity index is 1480. The lowest BCUT2D eigenvalue weighted by atomic mass is 9.69. The predicted molar refractivity (Wildman–Crippen MR) is 154 cm³/mol. The first kappa shape index (κ1) is 28.0. The molecule has 1 aliphatic heterocycles. The smallest absolute Gasteiger partial charge is 0.315 e. The van der Waals surface area contributed by atoms with Gasteiger partial charge in [0.2, 0.25) is 0 Å². The lowest BCUT2D eigenvalue weighted by molar-refractivity contribution is -0.147. The van der Waals surface area contributed by atoms with Gasteiger partial charge >= 0.3 is 5.97 Å². The third-order valence-electron chi connectivity index (χ3n) is 7.61. The van der Waals surface area contributed by atoms with Gasteiger partial charge in [-0.25, -0.2) is 0 Å². The minimum absolute atomic E-state index is 0.0566. The molecule has 1 N–H and O–H groups in total. The average molecular weight is 556 g/mol. The summed E-state index contributed by atoms with van der Waals surface area (Å²) in [6.45, 7) is 2.05. The van der Waals surface area contributed by atoms with Gasteiger partial charge in [0.25, 0.3) is 0 Å². The second kappa shape index (κ2) is 12.3. The number of para-hydroxylation sites is 1. The number of aliphatic imine (C=N–C) groups is 1. The molecule has 0 spiro atoms. The number of aromatic hydroxyl groups is 1. The van der Waals surface area contributed by atoms with Gasteiger partial charge in [0.05, 0.1) is 14.2 Å². The summed E-state index contributed by atoms with van der Waals surface area (Å²) in [5.74, 6) is 0.0115. The molecule has 3 aromatic carbocycles. The number of nitrogens with zero attached hydrogens (tertiary/aromatic N) is 1. The Kier molecular flexibility index (Phi) is 8.38. The molecule has 1 aliphatic carbocycles. The highest BCUT2D eigenvalue weighted by Crippen LogP contribution is 2.47. The second-order valence-corrected chi connectivity index (χ2v) is 10.1. The Hall–Kier alpha value is -4.59. The topological polar surface area (TPSA) is 104 Å². The lowest BCUT2D eigenvalue weighted by Gasteiger charge is -2.36. The number of allylic oxidation sites excluding steroid dienone is 2. The highest BCUT2D eigenvalue weighted by molar-refractivity contribution is 6.09. The Morgan fingerprint density at radius 2 is 1.61 bits per heavy atom. The van der Waals surface area contributed by atoms with E-state index in [1.54, 1.807) is 45.4 Å². The van der Waals surface area contributed by atoms with Gasteiger partial charge < -0.3 is 24.1 Å². The Morgan fingerprint density at radius 3 is 2.32 bits per heavy atom. The molecule has 0 bridgehead atoms. The largest absolute Gasteiger partial charge is 0.508 e. The second-order valence-electron chi connectivity index (χ2n) is 10.1. The number of benzene rings is 3. The van der Waals surface area contributed by atoms with Crippen LogP contribution < -0.4 is 14.2 Å². The number of carbonyl (C=O) groups is 2. The lowest BCUT2D eigenvalue weighted by Crippen LogP contribution is -2.38. The van der Waals surface area contributed by atoms with Crippen molar-refractivity contribution in [3.63, 3.8) is 0 Å². The number of Topliss-reactive ketones (excluding diaryl/α,β-unsaturated/α-hetero) is 1. The van der Waals surface area contributed by atoms with Crippen LogP contribution in [0.2, 0.25) is 0 Å². The Morgan fingerprint density at radius 1 is 0.902 bits per heavy atom. The fourth-order valence-corrected chi connectivity index (χ4v) is 5.66. The summed E-state index contributed by atoms with van der Waals surface area (Å²) in [6, 6.07) is 21.6. The number of esters is 1. The molecule has 3 aromatic rings. The number of hydrogen-bond donors (Lipinski definition) is 1. The molecule has 0 fully saturated rings. The van der Waals surface area contributed by atoms with Crippen molar-refractivity contribution in [1.29, 1.82) is 0 Å². The number of hydrogen-bond acceptors (Lipinski definition) is 8. The molecule has 8 heteroatoms. The maximum atomic E-state index is 13.8. The number of carbonyl (C=O) groups excluding carboxylic acids is 2. The van der Waals surface area contributed by atoms with E-state index in [-0.39, 0.29) is 37.1 Å². The summed E-state index contributed by atoms with van der Waals surface area (Å²) in [5, 5.41) is 9.92. The van der Waals surface area contributed by atoms with E-state index in [1.807, 2.05) is 48.5 Å². The zero-order valence-corrected chi connectivity index (χ0v) is 23.3. The first-order valence-corrected chi connectivity index (χ1v) is 13.6. The van der Waals surface area contributed by atoms with Crippen molar-refractivity contribution in [3.8, 4) is 23.0 Å². The number of methoxy groups -OCH3 is 2. The minimum atomic E-state index is -0.781. The fraction of sp³-hybridized carbons (Fsp3) is 0.303. The predicted octanol–water partition coefficient (Wildman–Crippen LogP) is 5.61. The third kappa shape index (κ3) is 5.96. The Labute approximate surface area is 239 Å². The number of rotatable bonds is 9. The zero-order valence-electron chi connectivity index (χ0n) is 23.3. The van der Waals surface area contributed by atoms with Crippen LogP contribution in [0.3, 0.4) is 0 Å². The number of ether oxygens (including phenoxy) is 4. The molecule has 0 amide bonds. The van der Waals surface area contributed by atoms with E-state index in [1.165, 1.54) is 0 Å². The summed E-state index contributed by atoms with van der Waals surface area (Å²) >= 11 is 0. The molecule has 0 saturated heterocycles. The Balaban J connectivity index is 1.42. The van der Waals surface area contributed by atoms with Crippen molar-refractivity contribution in [2.75, 3.05) is 27.4 Å². The molecule has 5 rings (SSSR count). The van der Waals surface area contributed by atoms with E-state index >= 15 is 0 Å². The van der Waals surface area contributed by atoms with Gasteiger partial charge in [-0.1, -0.05) is 36.4 Å². The normalized spacial score (nSPS) is 20.1. The van der Waals surface area contributed by atoms with Gasteiger partial charge in [0, 0.05) is 29.3 Å². The van der Waals surface area contributed by atoms with Crippen molar-refractivity contribution >= 4 is 17.5 Å². The molecule has 41 heavy (non-hydrogen) atoms. The standard InChI is InChI=1S/C33H33NO7/c1-20-30(33(37)41-16-15-40-25-7-5-4-6-8-25)31(21-9-12-24(35)13-10-21)32-26(34-20)17-23(18-27(32)36)22-11-14-28(38-2)29(19-22)39-3/h4-14,19,23,30-31,35H,15-18H2,1-3H3/t23-,30?,31-/m1/s1. The third-order valence-corrected chi connectivity index (χ3v) is 7.61. The highest BCUT2D eigenvalue weighted by atomic mass is 16.6. The van der Waals surface area contributed by atoms with E-state index in [9.17, 15) is 14.7 Å². The van der Waals surface area contributed by atoms with Crippen molar-refractivity contribution in [1.82, 2.24) is 0 Å². The first-order chi connectivity index (χ1) is 19.9. The van der Waals surface area contributed by atoms with Crippen LogP contribution in [0, 0.1) is 5.92 Å². The van der Waals surface area contributed by atoms with Crippen molar-refractivity contribution in [3.05, 3.63) is 95.2 Å². The molecule has 1 heterocycles. The summed E-state index contributed by atoms with van der Waals surface area (Å²) in [7, 11) is 3.16. The summed E-state index contributed by atoms with van der Waals surface area (Å²) in [6.07, 6.45) is 0.805. The van der Waals surface area contributed by atoms with Gasteiger partial charge in [0.15, 0.2) is 17.3 Å². The summed E-state index contributed by atoms with van der Waals surface area (Å²) < 4.78 is 22.2. The minimum Gasteiger partial charge on any atom is -0.508 e. The van der Waals surface area contributed by atoms with Gasteiger partial charge in [-0.15, -0.1) is 0 Å². The van der Waals surface area contributed by atoms with Crippen LogP contribution in [0.15, 0.2) is 89.1 Å². The van der Waals surface area contributed by atoms with E-state index in [2.05, 4.69) is 0 Å². The molecule has 2 aliphatic rings. The van der Waals surface area contributed by atoms with E-state index in [0.29, 0.717) is 40.7 Å². The number of ketones is 1. The SMILES string of the molecule is COc1ccc([C@H]2CC(=O)C3=C(C2)N=C(C)C(C(=O)OCCOc2ccccc2)[C@H]3c2ccc(O)cc2)cc1OC. The fourth-order valence-electron chi connectivity index (χ4n) is 5.66. The molecule has 1 unspecified atom stereocenters. The molecule has 3 atom stereocenters. The average Bonchev–Trinajstić information content (AvgIpc) is 2.99. The number of phenolic OH excluding ortho intramolecular Hbond substituents is 1. The van der Waals surface area contributed by atoms with Crippen molar-refractivity contribution < 1.29 is 33.6 Å². The van der Waals surface area contributed by atoms with Crippen LogP contribution in [0.1, 0.15) is 42.7 Å². The van der Waals surface area contributed by atoms with E-state index < -0.39 is 17.8 Å². The molecule has 8 nitrogen and oxygen atoms in total. The van der Waals surface area contributed by atoms with Gasteiger partial charge in [-0.05, 0) is 66.8 Å². The molecular weight excluding hydrogens is 522 g/mol. The van der Waals surface area contributed by atoms with Crippen molar-refractivity contribution in [2.24, 2.45) is 10.9 Å². The summed E-state index contributed by atoms with van der Waals surface area (Å²) in [4.78, 5) is 32.1. The molecule has 0 saturated carbocycles. The molecule has 0 aromatic heterocycles. The molecular formula is C33H33NO7. The molecule has 0 radical (unpaired) electrons. The van der Waals surface area contributed by atoms with Gasteiger partial charge in [0.1, 0.15) is 30.6 Å². The van der Waals surface area contributed by atoms with Gasteiger partial charge in [-0.2, -0.15) is 0 Å². The van der Waals surface area contributed by atoms with Crippen molar-refractivity contribution in [2.45, 2.75) is 31.6 Å². The van der Waals surface area contributed by atoms with E-state index in [0.717, 1.165) is 11.1 Å². The maximum absolute atomic E-state index is 13.8. The van der Waals surface area contributed by atoms with Gasteiger partial charge in [-0.3, -0.25) is 14.6 Å².